The fourth-order valence-electron chi connectivity index (χ4n) is 2.35. The highest BCUT2D eigenvalue weighted by Gasteiger charge is 2.34. The third-order valence-electron chi connectivity index (χ3n) is 3.64. The van der Waals surface area contributed by atoms with Crippen molar-refractivity contribution in [2.24, 2.45) is 5.92 Å². The Bertz CT molecular complexity index is 811. The third-order valence-corrected chi connectivity index (χ3v) is 4.46. The predicted molar refractivity (Wildman–Crippen MR) is 91.2 cm³/mol. The Balaban J connectivity index is 1.51. The van der Waals surface area contributed by atoms with Crippen molar-refractivity contribution in [3.8, 4) is 0 Å². The van der Waals surface area contributed by atoms with Gasteiger partial charge >= 0.3 is 6.03 Å². The maximum atomic E-state index is 11.9. The van der Waals surface area contributed by atoms with E-state index in [9.17, 15) is 14.4 Å². The maximum Gasteiger partial charge on any atom is 0.321 e. The first-order chi connectivity index (χ1) is 12.5. The second-order valence-corrected chi connectivity index (χ2v) is 6.50. The molecule has 1 aliphatic heterocycles. The van der Waals surface area contributed by atoms with Gasteiger partial charge in [-0.1, -0.05) is 17.8 Å². The molecule has 2 unspecified atom stereocenters. The summed E-state index contributed by atoms with van der Waals surface area (Å²) in [4.78, 5) is 39.0. The summed E-state index contributed by atoms with van der Waals surface area (Å²) in [6, 6.07) is 4.35. The molecule has 3 N–H and O–H groups in total. The zero-order valence-electron chi connectivity index (χ0n) is 13.8. The van der Waals surface area contributed by atoms with Crippen LogP contribution >= 0.6 is 11.8 Å². The number of urea groups is 1. The second-order valence-electron chi connectivity index (χ2n) is 5.58. The summed E-state index contributed by atoms with van der Waals surface area (Å²) in [7, 11) is 0. The van der Waals surface area contributed by atoms with E-state index in [-0.39, 0.29) is 41.1 Å². The number of carbonyl (C=O) groups excluding carboxylic acids is 3. The number of hydrogen-bond acceptors (Lipinski definition) is 8. The van der Waals surface area contributed by atoms with Gasteiger partial charge in [-0.25, -0.2) is 9.78 Å². The van der Waals surface area contributed by atoms with Gasteiger partial charge in [-0.2, -0.15) is 0 Å². The van der Waals surface area contributed by atoms with Gasteiger partial charge in [0.1, 0.15) is 5.82 Å². The van der Waals surface area contributed by atoms with Crippen molar-refractivity contribution in [1.29, 1.82) is 0 Å². The SMILES string of the molecule is CC1NC(=O)NC(=O)C1Cc1nnc(SCC(=O)Nc2ccccn2)o1. The Morgan fingerprint density at radius 2 is 2.19 bits per heavy atom. The number of carbonyl (C=O) groups is 3. The largest absolute Gasteiger partial charge is 0.416 e. The minimum atomic E-state index is -0.514. The number of nitrogens with zero attached hydrogens (tertiary/aromatic N) is 3. The summed E-state index contributed by atoms with van der Waals surface area (Å²) < 4.78 is 5.46. The smallest absolute Gasteiger partial charge is 0.321 e. The van der Waals surface area contributed by atoms with E-state index in [4.69, 9.17) is 4.42 Å². The molecule has 3 heterocycles. The Kier molecular flexibility index (Phi) is 5.46. The monoisotopic (exact) mass is 376 g/mol. The maximum absolute atomic E-state index is 11.9. The molecule has 0 aliphatic carbocycles. The highest BCUT2D eigenvalue weighted by Crippen LogP contribution is 2.20. The molecule has 4 amide bonds. The molecule has 11 heteroatoms. The van der Waals surface area contributed by atoms with Crippen molar-refractivity contribution in [3.05, 3.63) is 30.3 Å². The summed E-state index contributed by atoms with van der Waals surface area (Å²) in [6.07, 6.45) is 1.78. The minimum Gasteiger partial charge on any atom is -0.416 e. The topological polar surface area (TPSA) is 139 Å². The van der Waals surface area contributed by atoms with Crippen molar-refractivity contribution in [2.75, 3.05) is 11.1 Å². The molecule has 0 bridgehead atoms. The second kappa shape index (κ2) is 7.95. The molecule has 0 spiro atoms. The molecule has 10 nitrogen and oxygen atoms in total. The van der Waals surface area contributed by atoms with Gasteiger partial charge in [0.05, 0.1) is 11.7 Å². The molecule has 0 saturated carbocycles. The summed E-state index contributed by atoms with van der Waals surface area (Å²) in [6.45, 7) is 1.73. The lowest BCUT2D eigenvalue weighted by atomic mass is 9.95. The van der Waals surface area contributed by atoms with Gasteiger partial charge in [0, 0.05) is 18.7 Å². The van der Waals surface area contributed by atoms with Crippen LogP contribution < -0.4 is 16.0 Å². The molecule has 0 radical (unpaired) electrons. The van der Waals surface area contributed by atoms with Gasteiger partial charge in [0.25, 0.3) is 5.22 Å². The lowest BCUT2D eigenvalue weighted by molar-refractivity contribution is -0.125. The van der Waals surface area contributed by atoms with Crippen molar-refractivity contribution < 1.29 is 18.8 Å². The van der Waals surface area contributed by atoms with Crippen LogP contribution in [0.3, 0.4) is 0 Å². The van der Waals surface area contributed by atoms with Crippen LogP contribution in [0.25, 0.3) is 0 Å². The number of anilines is 1. The van der Waals surface area contributed by atoms with Crippen LogP contribution in [0.15, 0.2) is 34.0 Å². The molecule has 2 aromatic heterocycles. The summed E-state index contributed by atoms with van der Waals surface area (Å²) in [5, 5.41) is 15.4. The molecular formula is C15H16N6O4S. The normalized spacial score (nSPS) is 19.6. The zero-order valence-corrected chi connectivity index (χ0v) is 14.6. The van der Waals surface area contributed by atoms with Crippen molar-refractivity contribution in [3.63, 3.8) is 0 Å². The number of thioether (sulfide) groups is 1. The number of aromatic nitrogens is 3. The van der Waals surface area contributed by atoms with Crippen molar-refractivity contribution >= 4 is 35.4 Å². The molecule has 2 atom stereocenters. The molecule has 1 aliphatic rings. The van der Waals surface area contributed by atoms with Gasteiger partial charge in [0.2, 0.25) is 17.7 Å². The lowest BCUT2D eigenvalue weighted by Crippen LogP contribution is -2.57. The van der Waals surface area contributed by atoms with E-state index >= 15 is 0 Å². The molecule has 3 rings (SSSR count). The molecule has 0 aromatic carbocycles. The van der Waals surface area contributed by atoms with Crippen LogP contribution in [-0.2, 0) is 16.0 Å². The highest BCUT2D eigenvalue weighted by molar-refractivity contribution is 7.99. The number of nitrogens with one attached hydrogen (secondary N) is 3. The van der Waals surface area contributed by atoms with Crippen LogP contribution in [0.4, 0.5) is 10.6 Å². The van der Waals surface area contributed by atoms with E-state index in [1.807, 2.05) is 0 Å². The summed E-state index contributed by atoms with van der Waals surface area (Å²) in [5.74, 6) is -0.336. The summed E-state index contributed by atoms with van der Waals surface area (Å²) >= 11 is 1.08. The number of rotatable bonds is 6. The van der Waals surface area contributed by atoms with E-state index in [2.05, 4.69) is 31.1 Å². The van der Waals surface area contributed by atoms with Crippen LogP contribution in [0, 0.1) is 5.92 Å². The van der Waals surface area contributed by atoms with Crippen LogP contribution in [0.5, 0.6) is 0 Å². The average molecular weight is 376 g/mol. The van der Waals surface area contributed by atoms with Crippen molar-refractivity contribution in [2.45, 2.75) is 24.6 Å². The first-order valence-electron chi connectivity index (χ1n) is 7.78. The molecule has 136 valence electrons. The van der Waals surface area contributed by atoms with Gasteiger partial charge in [-0.05, 0) is 19.1 Å². The van der Waals surface area contributed by atoms with E-state index in [0.717, 1.165) is 11.8 Å². The van der Waals surface area contributed by atoms with Gasteiger partial charge < -0.3 is 15.1 Å². The van der Waals surface area contributed by atoms with Crippen LogP contribution in [0.2, 0.25) is 0 Å². The third kappa shape index (κ3) is 4.57. The van der Waals surface area contributed by atoms with E-state index in [1.54, 1.807) is 31.3 Å². The first-order valence-corrected chi connectivity index (χ1v) is 8.77. The molecule has 1 saturated heterocycles. The Hall–Kier alpha value is -2.95. The number of amides is 4. The van der Waals surface area contributed by atoms with E-state index in [0.29, 0.717) is 5.82 Å². The summed E-state index contributed by atoms with van der Waals surface area (Å²) in [5.41, 5.74) is 0. The highest BCUT2D eigenvalue weighted by atomic mass is 32.2. The fourth-order valence-corrected chi connectivity index (χ4v) is 2.94. The number of pyridine rings is 1. The first kappa shape index (κ1) is 17.9. The zero-order chi connectivity index (χ0) is 18.5. The van der Waals surface area contributed by atoms with Gasteiger partial charge in [-0.3, -0.25) is 14.9 Å². The van der Waals surface area contributed by atoms with E-state index in [1.165, 1.54) is 0 Å². The minimum absolute atomic E-state index is 0.0780. The number of hydrogen-bond donors (Lipinski definition) is 3. The van der Waals surface area contributed by atoms with Crippen LogP contribution in [-0.4, -0.2) is 44.8 Å². The van der Waals surface area contributed by atoms with Crippen molar-refractivity contribution in [1.82, 2.24) is 25.8 Å². The fraction of sp³-hybridized carbons (Fsp3) is 0.333. The van der Waals surface area contributed by atoms with Crippen LogP contribution in [0.1, 0.15) is 12.8 Å². The molecule has 1 fully saturated rings. The number of imide groups is 1. The molecule has 2 aromatic rings. The van der Waals surface area contributed by atoms with Gasteiger partial charge in [-0.15, -0.1) is 10.2 Å². The van der Waals surface area contributed by atoms with Gasteiger partial charge in [0.15, 0.2) is 0 Å². The Labute approximate surface area is 152 Å². The Morgan fingerprint density at radius 3 is 2.92 bits per heavy atom. The predicted octanol–water partition coefficient (Wildman–Crippen LogP) is 0.582. The molecular weight excluding hydrogens is 360 g/mol. The van der Waals surface area contributed by atoms with E-state index < -0.39 is 11.9 Å². The molecule has 26 heavy (non-hydrogen) atoms. The lowest BCUT2D eigenvalue weighted by Gasteiger charge is -2.27. The standard InChI is InChI=1S/C15H16N6O4S/c1-8-9(13(23)19-14(24)17-8)6-12-20-21-15(25-12)26-7-11(22)18-10-4-2-3-5-16-10/h2-5,8-9H,6-7H2,1H3,(H,16,18,22)(H2,17,19,23,24). The average Bonchev–Trinajstić information content (AvgIpc) is 3.05. The quantitative estimate of drug-likeness (QED) is 0.622. The Morgan fingerprint density at radius 1 is 1.35 bits per heavy atom.